The highest BCUT2D eigenvalue weighted by Gasteiger charge is 2.11. The maximum atomic E-state index is 11.0. The number of imidazole rings is 1. The fourth-order valence-corrected chi connectivity index (χ4v) is 3.92. The number of nitrogens with one attached hydrogen (secondary N) is 1. The number of para-hydroxylation sites is 2. The summed E-state index contributed by atoms with van der Waals surface area (Å²) in [7, 11) is 1.67. The van der Waals surface area contributed by atoms with E-state index in [4.69, 9.17) is 14.5 Å². The van der Waals surface area contributed by atoms with Gasteiger partial charge in [-0.1, -0.05) is 36.8 Å². The molecule has 176 valence electrons. The van der Waals surface area contributed by atoms with Crippen LogP contribution in [0.2, 0.25) is 0 Å². The van der Waals surface area contributed by atoms with Gasteiger partial charge in [0.2, 0.25) is 5.91 Å². The Morgan fingerprint density at radius 3 is 2.73 bits per heavy atom. The van der Waals surface area contributed by atoms with Crippen molar-refractivity contribution in [3.05, 3.63) is 59.9 Å². The third kappa shape index (κ3) is 7.11. The van der Waals surface area contributed by atoms with E-state index >= 15 is 0 Å². The zero-order chi connectivity index (χ0) is 23.5. The van der Waals surface area contributed by atoms with Gasteiger partial charge in [-0.3, -0.25) is 4.79 Å². The number of benzene rings is 2. The molecule has 33 heavy (non-hydrogen) atoms. The summed E-state index contributed by atoms with van der Waals surface area (Å²) in [5, 5.41) is 2.86. The smallest absolute Gasteiger partial charge is 0.216 e. The summed E-state index contributed by atoms with van der Waals surface area (Å²) < 4.78 is 13.9. The molecule has 2 aromatic carbocycles. The van der Waals surface area contributed by atoms with E-state index in [9.17, 15) is 4.79 Å². The lowest BCUT2D eigenvalue weighted by Gasteiger charge is -2.13. The van der Waals surface area contributed by atoms with E-state index in [1.165, 1.54) is 5.52 Å². The van der Waals surface area contributed by atoms with Gasteiger partial charge in [-0.25, -0.2) is 4.98 Å². The van der Waals surface area contributed by atoms with Crippen LogP contribution in [0.4, 0.5) is 0 Å². The molecule has 1 N–H and O–H groups in total. The number of nitrogens with zero attached hydrogens (tertiary/aromatic N) is 2. The summed E-state index contributed by atoms with van der Waals surface area (Å²) in [6.45, 7) is 5.74. The molecule has 6 nitrogen and oxygen atoms in total. The fraction of sp³-hybridized carbons (Fsp3) is 0.407. The summed E-state index contributed by atoms with van der Waals surface area (Å²) in [4.78, 5) is 15.9. The molecule has 0 saturated carbocycles. The molecule has 0 radical (unpaired) electrons. The number of hydrogen-bond donors (Lipinski definition) is 1. The normalized spacial score (nSPS) is 11.2. The second-order valence-corrected chi connectivity index (χ2v) is 8.07. The minimum absolute atomic E-state index is 0.0328. The summed E-state index contributed by atoms with van der Waals surface area (Å²) >= 11 is 0. The molecule has 0 saturated heterocycles. The van der Waals surface area contributed by atoms with Crippen molar-refractivity contribution in [3.8, 4) is 11.5 Å². The molecule has 1 aromatic heterocycles. The third-order valence-corrected chi connectivity index (χ3v) is 5.52. The van der Waals surface area contributed by atoms with Crippen LogP contribution in [-0.2, 0) is 17.8 Å². The average molecular weight is 450 g/mol. The monoisotopic (exact) mass is 449 g/mol. The topological polar surface area (TPSA) is 65.4 Å². The highest BCUT2D eigenvalue weighted by Crippen LogP contribution is 2.29. The van der Waals surface area contributed by atoms with Gasteiger partial charge in [0.15, 0.2) is 11.5 Å². The number of carbonyl (C=O) groups is 1. The fourth-order valence-electron chi connectivity index (χ4n) is 3.92. The molecule has 1 heterocycles. The predicted octanol–water partition coefficient (Wildman–Crippen LogP) is 5.40. The number of fused-ring (bicyclic) bond motifs is 1. The van der Waals surface area contributed by atoms with Crippen LogP contribution in [0.1, 0.15) is 50.9 Å². The van der Waals surface area contributed by atoms with Gasteiger partial charge in [0, 0.05) is 26.4 Å². The second kappa shape index (κ2) is 12.7. The Kier molecular flexibility index (Phi) is 9.36. The minimum atomic E-state index is 0.0328. The van der Waals surface area contributed by atoms with Crippen LogP contribution in [0.3, 0.4) is 0 Å². The Labute approximate surface area is 196 Å². The molecule has 3 aromatic rings. The van der Waals surface area contributed by atoms with Crippen molar-refractivity contribution < 1.29 is 14.3 Å². The minimum Gasteiger partial charge on any atom is -0.493 e. The maximum Gasteiger partial charge on any atom is 0.216 e. The number of unbranched alkanes of at least 4 members (excludes halogenated alkanes) is 2. The number of amides is 1. The highest BCUT2D eigenvalue weighted by molar-refractivity contribution is 5.76. The van der Waals surface area contributed by atoms with Crippen LogP contribution >= 0.6 is 0 Å². The standard InChI is InChI=1S/C27H35N3O3/c1-4-11-22-15-16-25(26(20-22)32-3)33-19-10-18-30-24-13-8-7-12-23(24)29-27(30)14-6-5-9-17-28-21(2)31/h4,7-8,11-13,15-16,20H,5-6,9-10,14,17-19H2,1-3H3,(H,28,31)/b11-4+. The van der Waals surface area contributed by atoms with Crippen LogP contribution in [0.15, 0.2) is 48.5 Å². The molecule has 0 aliphatic heterocycles. The van der Waals surface area contributed by atoms with E-state index < -0.39 is 0 Å². The predicted molar refractivity (Wildman–Crippen MR) is 134 cm³/mol. The third-order valence-electron chi connectivity index (χ3n) is 5.52. The van der Waals surface area contributed by atoms with Crippen molar-refractivity contribution in [2.75, 3.05) is 20.3 Å². The van der Waals surface area contributed by atoms with E-state index in [1.807, 2.05) is 43.3 Å². The first-order valence-corrected chi connectivity index (χ1v) is 11.7. The molecular formula is C27H35N3O3. The first kappa shape index (κ1) is 24.4. The number of allylic oxidation sites excluding steroid dienone is 1. The van der Waals surface area contributed by atoms with Gasteiger partial charge >= 0.3 is 0 Å². The number of carbonyl (C=O) groups excluding carboxylic acids is 1. The zero-order valence-electron chi connectivity index (χ0n) is 20.0. The molecule has 0 aliphatic rings. The molecule has 0 atom stereocenters. The Bertz CT molecular complexity index is 1070. The molecule has 0 aliphatic carbocycles. The van der Waals surface area contributed by atoms with Crippen LogP contribution < -0.4 is 14.8 Å². The van der Waals surface area contributed by atoms with E-state index in [2.05, 4.69) is 28.1 Å². The lowest BCUT2D eigenvalue weighted by molar-refractivity contribution is -0.118. The Balaban J connectivity index is 1.57. The largest absolute Gasteiger partial charge is 0.493 e. The molecule has 6 heteroatoms. The van der Waals surface area contributed by atoms with Gasteiger partial charge in [-0.15, -0.1) is 0 Å². The number of methoxy groups -OCH3 is 1. The lowest BCUT2D eigenvalue weighted by atomic mass is 10.2. The Morgan fingerprint density at radius 1 is 1.09 bits per heavy atom. The zero-order valence-corrected chi connectivity index (χ0v) is 20.0. The number of hydrogen-bond acceptors (Lipinski definition) is 4. The summed E-state index contributed by atoms with van der Waals surface area (Å²) in [6, 6.07) is 14.3. The van der Waals surface area contributed by atoms with E-state index in [0.29, 0.717) is 6.61 Å². The van der Waals surface area contributed by atoms with Crippen LogP contribution in [-0.4, -0.2) is 35.7 Å². The van der Waals surface area contributed by atoms with Crippen molar-refractivity contribution in [3.63, 3.8) is 0 Å². The molecule has 0 spiro atoms. The average Bonchev–Trinajstić information content (AvgIpc) is 3.17. The second-order valence-electron chi connectivity index (χ2n) is 8.07. The van der Waals surface area contributed by atoms with Crippen LogP contribution in [0.25, 0.3) is 17.1 Å². The number of aromatic nitrogens is 2. The SMILES string of the molecule is C/C=C/c1ccc(OCCCn2c(CCCCCNC(C)=O)nc3ccccc32)c(OC)c1. The van der Waals surface area contributed by atoms with E-state index in [1.54, 1.807) is 14.0 Å². The summed E-state index contributed by atoms with van der Waals surface area (Å²) in [5.74, 6) is 2.66. The molecular weight excluding hydrogens is 414 g/mol. The number of aryl methyl sites for hydroxylation is 2. The van der Waals surface area contributed by atoms with Crippen LogP contribution in [0, 0.1) is 0 Å². The van der Waals surface area contributed by atoms with Crippen molar-refractivity contribution in [1.29, 1.82) is 0 Å². The van der Waals surface area contributed by atoms with E-state index in [0.717, 1.165) is 73.6 Å². The number of ether oxygens (including phenoxy) is 2. The van der Waals surface area contributed by atoms with Gasteiger partial charge in [-0.05, 0) is 56.0 Å². The van der Waals surface area contributed by atoms with Gasteiger partial charge in [0.25, 0.3) is 0 Å². The molecule has 0 fully saturated rings. The van der Waals surface area contributed by atoms with Crippen LogP contribution in [0.5, 0.6) is 11.5 Å². The molecule has 0 bridgehead atoms. The van der Waals surface area contributed by atoms with Gasteiger partial charge < -0.3 is 19.4 Å². The first-order valence-electron chi connectivity index (χ1n) is 11.7. The van der Waals surface area contributed by atoms with E-state index in [-0.39, 0.29) is 5.91 Å². The number of rotatable bonds is 13. The van der Waals surface area contributed by atoms with Crippen molar-refractivity contribution in [2.45, 2.75) is 52.5 Å². The maximum absolute atomic E-state index is 11.0. The lowest BCUT2D eigenvalue weighted by Crippen LogP contribution is -2.20. The summed E-state index contributed by atoms with van der Waals surface area (Å²) in [6.07, 6.45) is 8.95. The van der Waals surface area contributed by atoms with Gasteiger partial charge in [0.05, 0.1) is 24.8 Å². The molecule has 1 amide bonds. The van der Waals surface area contributed by atoms with Crippen molar-refractivity contribution >= 4 is 23.0 Å². The summed E-state index contributed by atoms with van der Waals surface area (Å²) in [5.41, 5.74) is 3.29. The van der Waals surface area contributed by atoms with Crippen molar-refractivity contribution in [2.24, 2.45) is 0 Å². The quantitative estimate of drug-likeness (QED) is 0.355. The Hall–Kier alpha value is -3.28. The molecule has 3 rings (SSSR count). The first-order chi connectivity index (χ1) is 16.1. The van der Waals surface area contributed by atoms with Gasteiger partial charge in [-0.2, -0.15) is 0 Å². The Morgan fingerprint density at radius 2 is 1.94 bits per heavy atom. The van der Waals surface area contributed by atoms with Gasteiger partial charge in [0.1, 0.15) is 5.82 Å². The van der Waals surface area contributed by atoms with Crippen molar-refractivity contribution in [1.82, 2.24) is 14.9 Å². The highest BCUT2D eigenvalue weighted by atomic mass is 16.5. The molecule has 0 unspecified atom stereocenters.